The molecule has 0 atom stereocenters. The van der Waals surface area contributed by atoms with Crippen LogP contribution in [0.25, 0.3) is 6.08 Å². The molecule has 16 heavy (non-hydrogen) atoms. The van der Waals surface area contributed by atoms with Gasteiger partial charge in [0, 0.05) is 5.56 Å². The van der Waals surface area contributed by atoms with Gasteiger partial charge < -0.3 is 10.6 Å². The van der Waals surface area contributed by atoms with Crippen molar-refractivity contribution in [2.45, 2.75) is 32.7 Å². The predicted molar refractivity (Wildman–Crippen MR) is 65.4 cm³/mol. The Kier molecular flexibility index (Phi) is 2.54. The molecule has 0 amide bonds. The Labute approximate surface area is 96.5 Å². The van der Waals surface area contributed by atoms with E-state index in [1.54, 1.807) is 5.06 Å². The minimum absolute atomic E-state index is 0.103. The van der Waals surface area contributed by atoms with Crippen LogP contribution in [0.1, 0.15) is 32.8 Å². The van der Waals surface area contributed by atoms with E-state index < -0.39 is 0 Å². The third kappa shape index (κ3) is 1.73. The smallest absolute Gasteiger partial charge is 0.162 e. The molecule has 1 aliphatic rings. The molecule has 86 valence electrons. The summed E-state index contributed by atoms with van der Waals surface area (Å²) in [6.07, 6.45) is 2.92. The second-order valence-corrected chi connectivity index (χ2v) is 4.66. The van der Waals surface area contributed by atoms with Crippen molar-refractivity contribution in [2.75, 3.05) is 0 Å². The fourth-order valence-electron chi connectivity index (χ4n) is 1.67. The Balaban J connectivity index is 2.37. The molecule has 0 radical (unpaired) electrons. The number of hydrogen-bond acceptors (Lipinski definition) is 3. The Hall–Kier alpha value is -1.64. The van der Waals surface area contributed by atoms with E-state index in [2.05, 4.69) is 20.8 Å². The first kappa shape index (κ1) is 10.9. The van der Waals surface area contributed by atoms with Gasteiger partial charge in [-0.05, 0) is 32.4 Å². The number of para-hydroxylation sites is 1. The van der Waals surface area contributed by atoms with Gasteiger partial charge in [-0.25, -0.2) is 0 Å². The zero-order valence-electron chi connectivity index (χ0n) is 10.0. The molecule has 0 fully saturated rings. The summed E-state index contributed by atoms with van der Waals surface area (Å²) >= 11 is 0. The minimum Gasteiger partial charge on any atom is -0.383 e. The van der Waals surface area contributed by atoms with Gasteiger partial charge in [-0.2, -0.15) is 5.06 Å². The van der Waals surface area contributed by atoms with E-state index in [-0.39, 0.29) is 5.54 Å². The molecule has 2 rings (SSSR count). The molecule has 1 heterocycles. The van der Waals surface area contributed by atoms with Crippen LogP contribution in [0.3, 0.4) is 0 Å². The fourth-order valence-corrected chi connectivity index (χ4v) is 1.67. The third-order valence-electron chi connectivity index (χ3n) is 3.06. The maximum absolute atomic E-state index is 6.02. The highest BCUT2D eigenvalue weighted by Crippen LogP contribution is 2.32. The molecular weight excluding hydrogens is 200 g/mol. The van der Waals surface area contributed by atoms with Crippen LogP contribution in [0.4, 0.5) is 0 Å². The van der Waals surface area contributed by atoms with E-state index in [1.165, 1.54) is 0 Å². The summed E-state index contributed by atoms with van der Waals surface area (Å²) in [6, 6.07) is 7.90. The summed E-state index contributed by atoms with van der Waals surface area (Å²) in [7, 11) is 0. The quantitative estimate of drug-likeness (QED) is 0.829. The molecule has 3 heteroatoms. The molecule has 2 N–H and O–H groups in total. The van der Waals surface area contributed by atoms with Gasteiger partial charge >= 0.3 is 0 Å². The van der Waals surface area contributed by atoms with Gasteiger partial charge in [0.2, 0.25) is 0 Å². The zero-order valence-corrected chi connectivity index (χ0v) is 10.0. The Morgan fingerprint density at radius 1 is 1.31 bits per heavy atom. The summed E-state index contributed by atoms with van der Waals surface area (Å²) in [5.74, 6) is 1.52. The molecule has 0 bridgehead atoms. The van der Waals surface area contributed by atoms with Crippen molar-refractivity contribution >= 4 is 6.08 Å². The van der Waals surface area contributed by atoms with Crippen molar-refractivity contribution in [1.82, 2.24) is 5.06 Å². The maximum atomic E-state index is 6.02. The van der Waals surface area contributed by atoms with E-state index >= 15 is 0 Å². The van der Waals surface area contributed by atoms with Crippen LogP contribution in [0.15, 0.2) is 30.1 Å². The lowest BCUT2D eigenvalue weighted by atomic mass is 10.0. The molecule has 3 nitrogen and oxygen atoms in total. The van der Waals surface area contributed by atoms with Crippen molar-refractivity contribution in [3.63, 3.8) is 0 Å². The van der Waals surface area contributed by atoms with E-state index in [1.807, 2.05) is 30.3 Å². The summed E-state index contributed by atoms with van der Waals surface area (Å²) in [5, 5.41) is 1.79. The molecule has 1 aliphatic heterocycles. The second kappa shape index (κ2) is 3.74. The van der Waals surface area contributed by atoms with Gasteiger partial charge in [0.1, 0.15) is 5.82 Å². The number of hydroxylamine groups is 2. The average Bonchev–Trinajstić information content (AvgIpc) is 2.28. The van der Waals surface area contributed by atoms with Crippen molar-refractivity contribution in [3.05, 3.63) is 35.6 Å². The van der Waals surface area contributed by atoms with Crippen LogP contribution in [-0.4, -0.2) is 10.6 Å². The average molecular weight is 218 g/mol. The zero-order chi connectivity index (χ0) is 11.8. The Morgan fingerprint density at radius 3 is 2.69 bits per heavy atom. The van der Waals surface area contributed by atoms with E-state index in [4.69, 9.17) is 10.6 Å². The number of nitrogens with zero attached hydrogens (tertiary/aromatic N) is 1. The van der Waals surface area contributed by atoms with Crippen molar-refractivity contribution in [1.29, 1.82) is 0 Å². The first-order valence-corrected chi connectivity index (χ1v) is 5.59. The highest BCUT2D eigenvalue weighted by atomic mass is 16.7. The van der Waals surface area contributed by atoms with Crippen LogP contribution >= 0.6 is 0 Å². The van der Waals surface area contributed by atoms with Crippen molar-refractivity contribution in [3.8, 4) is 5.75 Å². The predicted octanol–water partition coefficient (Wildman–Crippen LogP) is 2.74. The molecular formula is C13H18N2O. The summed E-state index contributed by atoms with van der Waals surface area (Å²) in [4.78, 5) is 5.84. The number of fused-ring (bicyclic) bond motifs is 1. The van der Waals surface area contributed by atoms with Crippen LogP contribution < -0.4 is 10.6 Å². The third-order valence-corrected chi connectivity index (χ3v) is 3.06. The van der Waals surface area contributed by atoms with Gasteiger partial charge in [0.15, 0.2) is 5.75 Å². The normalized spacial score (nSPS) is 15.2. The van der Waals surface area contributed by atoms with Gasteiger partial charge in [-0.3, -0.25) is 0 Å². The highest BCUT2D eigenvalue weighted by molar-refractivity contribution is 5.60. The molecule has 0 aliphatic carbocycles. The van der Waals surface area contributed by atoms with Crippen LogP contribution in [0.5, 0.6) is 5.75 Å². The molecule has 1 aromatic rings. The number of nitrogens with two attached hydrogens (primary N) is 1. The first-order chi connectivity index (χ1) is 7.54. The SMILES string of the molecule is CCC(C)(C)N1Oc2ccccc2C=C1N. The lowest BCUT2D eigenvalue weighted by molar-refractivity contribution is -0.105. The monoisotopic (exact) mass is 218 g/mol. The van der Waals surface area contributed by atoms with E-state index in [0.717, 1.165) is 17.7 Å². The van der Waals surface area contributed by atoms with Gasteiger partial charge in [0.25, 0.3) is 0 Å². The standard InChI is InChI=1S/C13H18N2O/c1-4-13(2,3)15-12(14)9-10-7-5-6-8-11(10)16-15/h5-9H,4,14H2,1-3H3. The van der Waals surface area contributed by atoms with E-state index in [0.29, 0.717) is 5.82 Å². The van der Waals surface area contributed by atoms with Crippen LogP contribution in [0.2, 0.25) is 0 Å². The molecule has 0 saturated carbocycles. The van der Waals surface area contributed by atoms with Gasteiger partial charge in [0.05, 0.1) is 5.54 Å². The molecule has 0 spiro atoms. The highest BCUT2D eigenvalue weighted by Gasteiger charge is 2.30. The number of rotatable bonds is 2. The Bertz CT molecular complexity index is 424. The van der Waals surface area contributed by atoms with Crippen LogP contribution in [-0.2, 0) is 0 Å². The van der Waals surface area contributed by atoms with Gasteiger partial charge in [-0.15, -0.1) is 0 Å². The summed E-state index contributed by atoms with van der Waals surface area (Å²) in [5.41, 5.74) is 6.95. The maximum Gasteiger partial charge on any atom is 0.162 e. The molecule has 0 aromatic heterocycles. The van der Waals surface area contributed by atoms with Crippen molar-refractivity contribution < 1.29 is 4.84 Å². The summed E-state index contributed by atoms with van der Waals surface area (Å²) < 4.78 is 0. The molecule has 0 unspecified atom stereocenters. The molecule has 1 aromatic carbocycles. The van der Waals surface area contributed by atoms with Gasteiger partial charge in [-0.1, -0.05) is 25.1 Å². The second-order valence-electron chi connectivity index (χ2n) is 4.66. The fraction of sp³-hybridized carbons (Fsp3) is 0.385. The number of benzene rings is 1. The largest absolute Gasteiger partial charge is 0.383 e. The lowest BCUT2D eigenvalue weighted by Crippen LogP contribution is -2.48. The lowest BCUT2D eigenvalue weighted by Gasteiger charge is -2.40. The van der Waals surface area contributed by atoms with Crippen LogP contribution in [0, 0.1) is 0 Å². The number of hydrogen-bond donors (Lipinski definition) is 1. The summed E-state index contributed by atoms with van der Waals surface area (Å²) in [6.45, 7) is 6.35. The molecule has 0 saturated heterocycles. The van der Waals surface area contributed by atoms with Crippen molar-refractivity contribution in [2.24, 2.45) is 5.73 Å². The Morgan fingerprint density at radius 2 is 2.00 bits per heavy atom. The topological polar surface area (TPSA) is 38.5 Å². The van der Waals surface area contributed by atoms with E-state index in [9.17, 15) is 0 Å². The minimum atomic E-state index is -0.103. The first-order valence-electron chi connectivity index (χ1n) is 5.59.